The van der Waals surface area contributed by atoms with Crippen molar-refractivity contribution in [2.75, 3.05) is 0 Å². The summed E-state index contributed by atoms with van der Waals surface area (Å²) < 4.78 is 2.19. The Morgan fingerprint density at radius 2 is 2.44 bits per heavy atom. The molecular formula is C9H9BrN4OS. The van der Waals surface area contributed by atoms with Gasteiger partial charge in [-0.25, -0.2) is 4.98 Å². The SMILES string of the molecule is Cn1ncc(Br)c1C(=O)c1csc(CN)n1. The van der Waals surface area contributed by atoms with Crippen LogP contribution in [0.3, 0.4) is 0 Å². The summed E-state index contributed by atoms with van der Waals surface area (Å²) in [4.78, 5) is 16.2. The van der Waals surface area contributed by atoms with Crippen LogP contribution >= 0.6 is 27.3 Å². The van der Waals surface area contributed by atoms with Gasteiger partial charge >= 0.3 is 0 Å². The molecule has 0 unspecified atom stereocenters. The second kappa shape index (κ2) is 4.44. The first kappa shape index (κ1) is 11.4. The highest BCUT2D eigenvalue weighted by Gasteiger charge is 2.19. The third-order valence-electron chi connectivity index (χ3n) is 2.07. The number of carbonyl (C=O) groups excluding carboxylic acids is 1. The van der Waals surface area contributed by atoms with Crippen LogP contribution in [0.4, 0.5) is 0 Å². The first-order valence-corrected chi connectivity index (χ1v) is 6.17. The molecule has 0 bridgehead atoms. The predicted octanol–water partition coefficient (Wildman–Crippen LogP) is 1.33. The van der Waals surface area contributed by atoms with Crippen LogP contribution in [-0.2, 0) is 13.6 Å². The molecule has 2 aromatic heterocycles. The molecule has 0 aliphatic carbocycles. The molecular weight excluding hydrogens is 292 g/mol. The molecule has 0 atom stereocenters. The zero-order valence-corrected chi connectivity index (χ0v) is 10.9. The molecule has 84 valence electrons. The van der Waals surface area contributed by atoms with E-state index in [4.69, 9.17) is 5.73 Å². The second-order valence-corrected chi connectivity index (χ2v) is 4.92. The number of carbonyl (C=O) groups is 1. The summed E-state index contributed by atoms with van der Waals surface area (Å²) >= 11 is 4.67. The summed E-state index contributed by atoms with van der Waals surface area (Å²) in [5, 5.41) is 6.45. The highest BCUT2D eigenvalue weighted by atomic mass is 79.9. The molecule has 0 saturated carbocycles. The van der Waals surface area contributed by atoms with E-state index in [1.54, 1.807) is 18.6 Å². The summed E-state index contributed by atoms with van der Waals surface area (Å²) in [5.74, 6) is -0.150. The van der Waals surface area contributed by atoms with Gasteiger partial charge in [-0.2, -0.15) is 5.10 Å². The molecule has 2 rings (SSSR count). The average Bonchev–Trinajstić information content (AvgIpc) is 2.85. The fourth-order valence-electron chi connectivity index (χ4n) is 1.30. The van der Waals surface area contributed by atoms with Crippen LogP contribution in [0.25, 0.3) is 0 Å². The zero-order chi connectivity index (χ0) is 11.7. The molecule has 0 aliphatic heterocycles. The number of aromatic nitrogens is 3. The Labute approximate surface area is 104 Å². The van der Waals surface area contributed by atoms with E-state index in [0.717, 1.165) is 5.01 Å². The maximum atomic E-state index is 12.1. The van der Waals surface area contributed by atoms with Crippen molar-refractivity contribution in [3.05, 3.63) is 32.4 Å². The van der Waals surface area contributed by atoms with Crippen LogP contribution in [0.15, 0.2) is 16.0 Å². The Bertz CT molecular complexity index is 514. The van der Waals surface area contributed by atoms with Gasteiger partial charge in [-0.1, -0.05) is 0 Å². The standard InChI is InChI=1S/C9H9BrN4OS/c1-14-8(5(10)3-12-14)9(15)6-4-16-7(2-11)13-6/h3-4H,2,11H2,1H3. The highest BCUT2D eigenvalue weighted by Crippen LogP contribution is 2.20. The molecule has 0 aromatic carbocycles. The molecule has 16 heavy (non-hydrogen) atoms. The quantitative estimate of drug-likeness (QED) is 0.868. The Kier molecular flexibility index (Phi) is 3.17. The number of halogens is 1. The topological polar surface area (TPSA) is 73.8 Å². The van der Waals surface area contributed by atoms with Crippen molar-refractivity contribution >= 4 is 33.0 Å². The smallest absolute Gasteiger partial charge is 0.231 e. The largest absolute Gasteiger partial charge is 0.325 e. The number of hydrogen-bond donors (Lipinski definition) is 1. The van der Waals surface area contributed by atoms with Gasteiger partial charge in [-0.15, -0.1) is 11.3 Å². The van der Waals surface area contributed by atoms with Gasteiger partial charge in [0.25, 0.3) is 0 Å². The van der Waals surface area contributed by atoms with Gasteiger partial charge in [0, 0.05) is 19.0 Å². The number of thiazole rings is 1. The Hall–Kier alpha value is -1.05. The van der Waals surface area contributed by atoms with Crippen LogP contribution in [-0.4, -0.2) is 20.5 Å². The van der Waals surface area contributed by atoms with E-state index in [2.05, 4.69) is 26.0 Å². The first-order chi connectivity index (χ1) is 7.63. The lowest BCUT2D eigenvalue weighted by Gasteiger charge is -1.98. The third kappa shape index (κ3) is 1.93. The van der Waals surface area contributed by atoms with Gasteiger partial charge < -0.3 is 5.73 Å². The van der Waals surface area contributed by atoms with Crippen molar-refractivity contribution in [2.24, 2.45) is 12.8 Å². The lowest BCUT2D eigenvalue weighted by Crippen LogP contribution is -2.09. The minimum atomic E-state index is -0.150. The van der Waals surface area contributed by atoms with E-state index in [1.165, 1.54) is 16.0 Å². The first-order valence-electron chi connectivity index (χ1n) is 4.50. The number of nitrogens with zero attached hydrogens (tertiary/aromatic N) is 3. The zero-order valence-electron chi connectivity index (χ0n) is 8.48. The molecule has 2 heterocycles. The van der Waals surface area contributed by atoms with Gasteiger partial charge in [0.05, 0.1) is 10.7 Å². The molecule has 0 fully saturated rings. The molecule has 0 aliphatic rings. The fourth-order valence-corrected chi connectivity index (χ4v) is 2.48. The van der Waals surface area contributed by atoms with Crippen molar-refractivity contribution in [1.82, 2.24) is 14.8 Å². The van der Waals surface area contributed by atoms with Crippen molar-refractivity contribution in [3.8, 4) is 0 Å². The van der Waals surface area contributed by atoms with Crippen molar-refractivity contribution in [1.29, 1.82) is 0 Å². The number of hydrogen-bond acceptors (Lipinski definition) is 5. The summed E-state index contributed by atoms with van der Waals surface area (Å²) in [6, 6.07) is 0. The summed E-state index contributed by atoms with van der Waals surface area (Å²) in [6.07, 6.45) is 1.59. The molecule has 0 saturated heterocycles. The van der Waals surface area contributed by atoms with Gasteiger partial charge in [0.15, 0.2) is 0 Å². The Balaban J connectivity index is 2.39. The van der Waals surface area contributed by atoms with E-state index >= 15 is 0 Å². The van der Waals surface area contributed by atoms with Crippen molar-refractivity contribution in [2.45, 2.75) is 6.54 Å². The van der Waals surface area contributed by atoms with Crippen LogP contribution in [0.5, 0.6) is 0 Å². The number of aryl methyl sites for hydroxylation is 1. The van der Waals surface area contributed by atoms with E-state index in [9.17, 15) is 4.79 Å². The van der Waals surface area contributed by atoms with Crippen molar-refractivity contribution < 1.29 is 4.79 Å². The van der Waals surface area contributed by atoms with Gasteiger partial charge in [-0.3, -0.25) is 9.48 Å². The van der Waals surface area contributed by atoms with Crippen LogP contribution < -0.4 is 5.73 Å². The van der Waals surface area contributed by atoms with Gasteiger partial charge in [0.2, 0.25) is 5.78 Å². The minimum Gasteiger partial charge on any atom is -0.325 e. The molecule has 2 N–H and O–H groups in total. The van der Waals surface area contributed by atoms with Crippen LogP contribution in [0.1, 0.15) is 21.2 Å². The monoisotopic (exact) mass is 300 g/mol. The summed E-state index contributed by atoms with van der Waals surface area (Å²) in [6.45, 7) is 0.352. The van der Waals surface area contributed by atoms with Gasteiger partial charge in [0.1, 0.15) is 16.4 Å². The van der Waals surface area contributed by atoms with Crippen LogP contribution in [0.2, 0.25) is 0 Å². The molecule has 0 spiro atoms. The summed E-state index contributed by atoms with van der Waals surface area (Å²) in [5.41, 5.74) is 6.36. The van der Waals surface area contributed by atoms with E-state index in [-0.39, 0.29) is 5.78 Å². The molecule has 5 nitrogen and oxygen atoms in total. The van der Waals surface area contributed by atoms with Crippen molar-refractivity contribution in [3.63, 3.8) is 0 Å². The predicted molar refractivity (Wildman–Crippen MR) is 64.3 cm³/mol. The van der Waals surface area contributed by atoms with E-state index in [1.807, 2.05) is 0 Å². The normalized spacial score (nSPS) is 10.7. The third-order valence-corrected chi connectivity index (χ3v) is 3.52. The molecule has 2 aromatic rings. The van der Waals surface area contributed by atoms with E-state index in [0.29, 0.717) is 22.4 Å². The number of rotatable bonds is 3. The lowest BCUT2D eigenvalue weighted by molar-refractivity contribution is 0.102. The van der Waals surface area contributed by atoms with Gasteiger partial charge in [-0.05, 0) is 15.9 Å². The minimum absolute atomic E-state index is 0.150. The lowest BCUT2D eigenvalue weighted by atomic mass is 10.2. The molecule has 7 heteroatoms. The fraction of sp³-hybridized carbons (Fsp3) is 0.222. The Morgan fingerprint density at radius 1 is 1.69 bits per heavy atom. The Morgan fingerprint density at radius 3 is 2.94 bits per heavy atom. The molecule has 0 amide bonds. The number of ketones is 1. The number of nitrogens with two attached hydrogens (primary N) is 1. The maximum absolute atomic E-state index is 12.1. The maximum Gasteiger partial charge on any atom is 0.231 e. The van der Waals surface area contributed by atoms with E-state index < -0.39 is 0 Å². The average molecular weight is 301 g/mol. The molecule has 0 radical (unpaired) electrons. The van der Waals surface area contributed by atoms with Crippen LogP contribution in [0, 0.1) is 0 Å². The summed E-state index contributed by atoms with van der Waals surface area (Å²) in [7, 11) is 1.72. The second-order valence-electron chi connectivity index (χ2n) is 3.12. The highest BCUT2D eigenvalue weighted by molar-refractivity contribution is 9.10.